The van der Waals surface area contributed by atoms with E-state index in [1.54, 1.807) is 0 Å². The van der Waals surface area contributed by atoms with Crippen LogP contribution in [0.1, 0.15) is 10.4 Å². The van der Waals surface area contributed by atoms with E-state index in [0.29, 0.717) is 22.9 Å². The van der Waals surface area contributed by atoms with E-state index in [-0.39, 0.29) is 5.56 Å². The quantitative estimate of drug-likeness (QED) is 0.762. The van der Waals surface area contributed by atoms with Crippen LogP contribution in [-0.2, 0) is 0 Å². The molecule has 3 aromatic rings. The second-order valence-corrected chi connectivity index (χ2v) is 4.30. The van der Waals surface area contributed by atoms with Crippen LogP contribution in [-0.4, -0.2) is 10.9 Å². The number of carbonyl (C=O) groups excluding carboxylic acids is 1. The molecule has 0 unspecified atom stereocenters. The highest BCUT2D eigenvalue weighted by molar-refractivity contribution is 6.05. The number of fused-ring (bicyclic) bond motifs is 1. The fourth-order valence-electron chi connectivity index (χ4n) is 1.90. The molecule has 3 rings (SSSR count). The predicted octanol–water partition coefficient (Wildman–Crippen LogP) is 2.65. The molecular formula is C14H8F2N2O3. The van der Waals surface area contributed by atoms with Crippen molar-refractivity contribution in [2.45, 2.75) is 0 Å². The number of halogens is 2. The minimum Gasteiger partial charge on any atom is -0.408 e. The molecule has 0 atom stereocenters. The summed E-state index contributed by atoms with van der Waals surface area (Å²) in [6, 6.07) is 7.14. The lowest BCUT2D eigenvalue weighted by Crippen LogP contribution is -2.13. The van der Waals surface area contributed by atoms with Crippen LogP contribution < -0.4 is 11.1 Å². The van der Waals surface area contributed by atoms with Crippen LogP contribution in [0.5, 0.6) is 0 Å². The van der Waals surface area contributed by atoms with Gasteiger partial charge >= 0.3 is 5.76 Å². The molecule has 0 spiro atoms. The van der Waals surface area contributed by atoms with E-state index in [2.05, 4.69) is 10.3 Å². The van der Waals surface area contributed by atoms with Gasteiger partial charge in [-0.2, -0.15) is 0 Å². The summed E-state index contributed by atoms with van der Waals surface area (Å²) in [4.78, 5) is 25.4. The largest absolute Gasteiger partial charge is 0.417 e. The van der Waals surface area contributed by atoms with Gasteiger partial charge in [-0.25, -0.2) is 13.6 Å². The van der Waals surface area contributed by atoms with Crippen molar-refractivity contribution in [2.24, 2.45) is 0 Å². The molecule has 106 valence electrons. The number of aromatic amines is 1. The fourth-order valence-corrected chi connectivity index (χ4v) is 1.90. The van der Waals surface area contributed by atoms with E-state index in [1.807, 2.05) is 0 Å². The molecule has 1 aromatic heterocycles. The van der Waals surface area contributed by atoms with Gasteiger partial charge in [0.25, 0.3) is 5.91 Å². The zero-order valence-corrected chi connectivity index (χ0v) is 10.4. The Labute approximate surface area is 116 Å². The molecule has 0 aliphatic rings. The maximum absolute atomic E-state index is 13.5. The molecule has 0 aliphatic carbocycles. The SMILES string of the molecule is O=C(Nc1ccc2oc(=O)[nH]c2c1)c1ccc(F)cc1F. The van der Waals surface area contributed by atoms with E-state index in [0.717, 1.165) is 12.1 Å². The van der Waals surface area contributed by atoms with E-state index in [4.69, 9.17) is 4.42 Å². The first-order valence-electron chi connectivity index (χ1n) is 5.92. The first-order chi connectivity index (χ1) is 10.0. The minimum absolute atomic E-state index is 0.280. The van der Waals surface area contributed by atoms with Gasteiger partial charge in [-0.3, -0.25) is 9.78 Å². The Hall–Kier alpha value is -2.96. The van der Waals surface area contributed by atoms with Crippen LogP contribution >= 0.6 is 0 Å². The van der Waals surface area contributed by atoms with E-state index < -0.39 is 23.3 Å². The van der Waals surface area contributed by atoms with Crippen LogP contribution in [0.15, 0.2) is 45.6 Å². The second-order valence-electron chi connectivity index (χ2n) is 4.30. The van der Waals surface area contributed by atoms with Crippen LogP contribution in [0.4, 0.5) is 14.5 Å². The first-order valence-corrected chi connectivity index (χ1v) is 5.92. The van der Waals surface area contributed by atoms with Crippen molar-refractivity contribution in [3.8, 4) is 0 Å². The van der Waals surface area contributed by atoms with Crippen molar-refractivity contribution in [2.75, 3.05) is 5.32 Å². The maximum Gasteiger partial charge on any atom is 0.417 e. The summed E-state index contributed by atoms with van der Waals surface area (Å²) in [6.45, 7) is 0. The summed E-state index contributed by atoms with van der Waals surface area (Å²) in [7, 11) is 0. The topological polar surface area (TPSA) is 75.1 Å². The summed E-state index contributed by atoms with van der Waals surface area (Å²) in [5.41, 5.74) is 0.800. The summed E-state index contributed by atoms with van der Waals surface area (Å²) in [6.07, 6.45) is 0. The van der Waals surface area contributed by atoms with Gasteiger partial charge in [0, 0.05) is 11.8 Å². The van der Waals surface area contributed by atoms with Gasteiger partial charge in [0.1, 0.15) is 11.6 Å². The molecule has 0 aliphatic heterocycles. The van der Waals surface area contributed by atoms with Crippen molar-refractivity contribution >= 4 is 22.7 Å². The molecule has 2 aromatic carbocycles. The summed E-state index contributed by atoms with van der Waals surface area (Å²) < 4.78 is 31.1. The Kier molecular flexibility index (Phi) is 3.02. The zero-order valence-electron chi connectivity index (χ0n) is 10.4. The summed E-state index contributed by atoms with van der Waals surface area (Å²) in [5.74, 6) is -3.05. The Balaban J connectivity index is 1.90. The highest BCUT2D eigenvalue weighted by atomic mass is 19.1. The molecular weight excluding hydrogens is 282 g/mol. The Morgan fingerprint density at radius 2 is 1.95 bits per heavy atom. The lowest BCUT2D eigenvalue weighted by atomic mass is 10.2. The average molecular weight is 290 g/mol. The number of H-pyrrole nitrogens is 1. The summed E-state index contributed by atoms with van der Waals surface area (Å²) >= 11 is 0. The number of hydrogen-bond acceptors (Lipinski definition) is 3. The molecule has 1 amide bonds. The van der Waals surface area contributed by atoms with Crippen molar-refractivity contribution in [1.82, 2.24) is 4.98 Å². The van der Waals surface area contributed by atoms with Crippen molar-refractivity contribution in [1.29, 1.82) is 0 Å². The normalized spacial score (nSPS) is 10.8. The number of oxazole rings is 1. The molecule has 2 N–H and O–H groups in total. The van der Waals surface area contributed by atoms with Gasteiger partial charge < -0.3 is 9.73 Å². The smallest absolute Gasteiger partial charge is 0.408 e. The monoisotopic (exact) mass is 290 g/mol. The number of benzene rings is 2. The molecule has 0 fully saturated rings. The van der Waals surface area contributed by atoms with Gasteiger partial charge in [-0.15, -0.1) is 0 Å². The van der Waals surface area contributed by atoms with Crippen molar-refractivity contribution < 1.29 is 18.0 Å². The molecule has 21 heavy (non-hydrogen) atoms. The Bertz CT molecular complexity index is 899. The highest BCUT2D eigenvalue weighted by Gasteiger charge is 2.13. The fraction of sp³-hybridized carbons (Fsp3) is 0. The van der Waals surface area contributed by atoms with Crippen LogP contribution in [0.3, 0.4) is 0 Å². The lowest BCUT2D eigenvalue weighted by molar-refractivity contribution is 0.102. The van der Waals surface area contributed by atoms with Gasteiger partial charge in [0.05, 0.1) is 11.1 Å². The first kappa shape index (κ1) is 13.0. The maximum atomic E-state index is 13.5. The number of nitrogens with one attached hydrogen (secondary N) is 2. The van der Waals surface area contributed by atoms with Crippen molar-refractivity contribution in [3.05, 3.63) is 64.1 Å². The second kappa shape index (κ2) is 4.86. The van der Waals surface area contributed by atoms with Gasteiger partial charge in [0.15, 0.2) is 5.58 Å². The molecule has 0 saturated heterocycles. The number of rotatable bonds is 2. The average Bonchev–Trinajstić information content (AvgIpc) is 2.77. The van der Waals surface area contributed by atoms with Crippen LogP contribution in [0, 0.1) is 11.6 Å². The molecule has 0 radical (unpaired) electrons. The highest BCUT2D eigenvalue weighted by Crippen LogP contribution is 2.18. The predicted molar refractivity (Wildman–Crippen MR) is 71.1 cm³/mol. The summed E-state index contributed by atoms with van der Waals surface area (Å²) in [5, 5.41) is 2.45. The molecule has 0 saturated carbocycles. The third-order valence-corrected chi connectivity index (χ3v) is 2.85. The Morgan fingerprint density at radius 3 is 2.71 bits per heavy atom. The van der Waals surface area contributed by atoms with Crippen molar-refractivity contribution in [3.63, 3.8) is 0 Å². The molecule has 5 nitrogen and oxygen atoms in total. The minimum atomic E-state index is -0.953. The van der Waals surface area contributed by atoms with E-state index >= 15 is 0 Å². The number of anilines is 1. The van der Waals surface area contributed by atoms with Gasteiger partial charge in [0.2, 0.25) is 0 Å². The zero-order chi connectivity index (χ0) is 15.0. The molecule has 7 heteroatoms. The lowest BCUT2D eigenvalue weighted by Gasteiger charge is -2.06. The number of amides is 1. The third-order valence-electron chi connectivity index (χ3n) is 2.85. The number of aromatic nitrogens is 1. The van der Waals surface area contributed by atoms with Gasteiger partial charge in [-0.1, -0.05) is 0 Å². The van der Waals surface area contributed by atoms with Gasteiger partial charge in [-0.05, 0) is 30.3 Å². The number of hydrogen-bond donors (Lipinski definition) is 2. The number of carbonyl (C=O) groups is 1. The van der Waals surface area contributed by atoms with E-state index in [9.17, 15) is 18.4 Å². The standard InChI is InChI=1S/C14H8F2N2O3/c15-7-1-3-9(10(16)5-7)13(19)17-8-2-4-12-11(6-8)18-14(20)21-12/h1-6H,(H,17,19)(H,18,20). The van der Waals surface area contributed by atoms with Crippen LogP contribution in [0.2, 0.25) is 0 Å². The molecule has 0 bridgehead atoms. The van der Waals surface area contributed by atoms with Crippen LogP contribution in [0.25, 0.3) is 11.1 Å². The third kappa shape index (κ3) is 2.53. The Morgan fingerprint density at radius 1 is 1.14 bits per heavy atom. The van der Waals surface area contributed by atoms with E-state index in [1.165, 1.54) is 18.2 Å². The molecule has 1 heterocycles.